The molecule has 0 bridgehead atoms. The monoisotopic (exact) mass is 422 g/mol. The van der Waals surface area contributed by atoms with Crippen LogP contribution in [0.1, 0.15) is 40.7 Å². The average molecular weight is 423 g/mol. The van der Waals surface area contributed by atoms with E-state index in [1.54, 1.807) is 6.07 Å². The SMILES string of the molecule is Cc1csc(NC(=O)CSc2nnc(NC(=O)c3cc(C4CC4)on3)s2)n1. The third-order valence-corrected chi connectivity index (χ3v) is 6.41. The molecule has 1 fully saturated rings. The highest BCUT2D eigenvalue weighted by molar-refractivity contribution is 8.01. The van der Waals surface area contributed by atoms with Crippen LogP contribution in [0.15, 0.2) is 20.3 Å². The van der Waals surface area contributed by atoms with Crippen molar-refractivity contribution in [2.45, 2.75) is 30.0 Å². The van der Waals surface area contributed by atoms with Gasteiger partial charge < -0.3 is 9.84 Å². The summed E-state index contributed by atoms with van der Waals surface area (Å²) in [5.74, 6) is 0.744. The molecular weight excluding hydrogens is 408 g/mol. The smallest absolute Gasteiger partial charge is 0.279 e. The summed E-state index contributed by atoms with van der Waals surface area (Å²) in [6.45, 7) is 1.86. The molecule has 12 heteroatoms. The normalized spacial score (nSPS) is 13.5. The van der Waals surface area contributed by atoms with Crippen LogP contribution in [-0.4, -0.2) is 37.9 Å². The van der Waals surface area contributed by atoms with Gasteiger partial charge in [-0.15, -0.1) is 21.5 Å². The molecule has 0 atom stereocenters. The molecule has 0 unspecified atom stereocenters. The van der Waals surface area contributed by atoms with Gasteiger partial charge in [0.25, 0.3) is 5.91 Å². The summed E-state index contributed by atoms with van der Waals surface area (Å²) >= 11 is 3.81. The molecule has 0 radical (unpaired) electrons. The Bertz CT molecular complexity index is 977. The molecule has 3 heterocycles. The fourth-order valence-corrected chi connectivity index (χ4v) is 4.38. The van der Waals surface area contributed by atoms with E-state index in [-0.39, 0.29) is 17.4 Å². The van der Waals surface area contributed by atoms with Crippen LogP contribution < -0.4 is 10.6 Å². The van der Waals surface area contributed by atoms with Crippen LogP contribution in [-0.2, 0) is 4.79 Å². The van der Waals surface area contributed by atoms with Crippen molar-refractivity contribution in [3.8, 4) is 0 Å². The molecule has 1 aliphatic carbocycles. The van der Waals surface area contributed by atoms with E-state index < -0.39 is 5.91 Å². The second-order valence-electron chi connectivity index (χ2n) is 5.85. The van der Waals surface area contributed by atoms with Crippen molar-refractivity contribution in [1.29, 1.82) is 0 Å². The van der Waals surface area contributed by atoms with E-state index in [1.807, 2.05) is 12.3 Å². The van der Waals surface area contributed by atoms with E-state index in [9.17, 15) is 9.59 Å². The highest BCUT2D eigenvalue weighted by Crippen LogP contribution is 2.40. The van der Waals surface area contributed by atoms with Crippen molar-refractivity contribution < 1.29 is 14.1 Å². The molecule has 3 aromatic rings. The number of aromatic nitrogens is 4. The number of rotatable bonds is 7. The lowest BCUT2D eigenvalue weighted by atomic mass is 10.3. The second kappa shape index (κ2) is 7.74. The predicted molar refractivity (Wildman–Crippen MR) is 103 cm³/mol. The van der Waals surface area contributed by atoms with E-state index in [2.05, 4.69) is 31.0 Å². The topological polar surface area (TPSA) is 123 Å². The first-order chi connectivity index (χ1) is 13.1. The molecule has 0 aliphatic heterocycles. The largest absolute Gasteiger partial charge is 0.360 e. The van der Waals surface area contributed by atoms with Crippen molar-refractivity contribution in [2.24, 2.45) is 0 Å². The van der Waals surface area contributed by atoms with Gasteiger partial charge >= 0.3 is 0 Å². The molecule has 4 rings (SSSR count). The molecular formula is C15H14N6O3S3. The Morgan fingerprint density at radius 3 is 2.89 bits per heavy atom. The molecule has 2 N–H and O–H groups in total. The van der Waals surface area contributed by atoms with E-state index >= 15 is 0 Å². The highest BCUT2D eigenvalue weighted by Gasteiger charge is 2.29. The van der Waals surface area contributed by atoms with Crippen molar-refractivity contribution >= 4 is 56.5 Å². The number of nitrogens with zero attached hydrogens (tertiary/aromatic N) is 4. The molecule has 2 amide bonds. The number of hydrogen-bond donors (Lipinski definition) is 2. The number of aryl methyl sites for hydroxylation is 1. The zero-order valence-electron chi connectivity index (χ0n) is 14.1. The van der Waals surface area contributed by atoms with Crippen molar-refractivity contribution in [2.75, 3.05) is 16.4 Å². The van der Waals surface area contributed by atoms with Crippen LogP contribution in [0.3, 0.4) is 0 Å². The molecule has 0 spiro atoms. The summed E-state index contributed by atoms with van der Waals surface area (Å²) in [5, 5.41) is 19.8. The third kappa shape index (κ3) is 4.70. The number of carbonyl (C=O) groups is 2. The Morgan fingerprint density at radius 2 is 2.15 bits per heavy atom. The molecule has 1 aliphatic rings. The summed E-state index contributed by atoms with van der Waals surface area (Å²) in [5.41, 5.74) is 1.09. The van der Waals surface area contributed by atoms with Crippen LogP contribution >= 0.6 is 34.4 Å². The Balaban J connectivity index is 1.27. The number of hydrogen-bond acceptors (Lipinski definition) is 10. The minimum atomic E-state index is -0.393. The lowest BCUT2D eigenvalue weighted by Crippen LogP contribution is -2.13. The fourth-order valence-electron chi connectivity index (χ4n) is 2.13. The van der Waals surface area contributed by atoms with E-state index in [0.29, 0.717) is 20.5 Å². The van der Waals surface area contributed by atoms with Crippen molar-refractivity contribution in [1.82, 2.24) is 20.3 Å². The lowest BCUT2D eigenvalue weighted by molar-refractivity contribution is -0.113. The summed E-state index contributed by atoms with van der Waals surface area (Å²) in [4.78, 5) is 28.3. The standard InChI is InChI=1S/C15H14N6O3S3/c1-7-5-25-13(16-7)17-11(22)6-26-15-20-19-14(27-15)18-12(23)9-4-10(24-21-9)8-2-3-8/h4-5,8H,2-3,6H2,1H3,(H,16,17,22)(H,18,19,23). The molecule has 27 heavy (non-hydrogen) atoms. The maximum atomic E-state index is 12.2. The fraction of sp³-hybridized carbons (Fsp3) is 0.333. The first-order valence-corrected chi connectivity index (χ1v) is 10.7. The van der Waals surface area contributed by atoms with Crippen LogP contribution in [0.2, 0.25) is 0 Å². The summed E-state index contributed by atoms with van der Waals surface area (Å²) < 4.78 is 5.75. The van der Waals surface area contributed by atoms with Gasteiger partial charge in [-0.05, 0) is 19.8 Å². The number of amides is 2. The van der Waals surface area contributed by atoms with Crippen LogP contribution in [0, 0.1) is 6.92 Å². The van der Waals surface area contributed by atoms with Gasteiger partial charge in [0.2, 0.25) is 11.0 Å². The Kier molecular flexibility index (Phi) is 5.18. The molecule has 9 nitrogen and oxygen atoms in total. The van der Waals surface area contributed by atoms with E-state index in [4.69, 9.17) is 4.52 Å². The number of carbonyl (C=O) groups excluding carboxylic acids is 2. The van der Waals surface area contributed by atoms with E-state index in [0.717, 1.165) is 24.3 Å². The van der Waals surface area contributed by atoms with Crippen LogP contribution in [0.25, 0.3) is 0 Å². The summed E-state index contributed by atoms with van der Waals surface area (Å²) in [6.07, 6.45) is 2.14. The maximum Gasteiger partial charge on any atom is 0.279 e. The van der Waals surface area contributed by atoms with Gasteiger partial charge in [-0.1, -0.05) is 28.3 Å². The molecule has 3 aromatic heterocycles. The number of thioether (sulfide) groups is 1. The first-order valence-electron chi connectivity index (χ1n) is 8.03. The molecule has 0 saturated heterocycles. The molecule has 1 saturated carbocycles. The van der Waals surface area contributed by atoms with Gasteiger partial charge in [0, 0.05) is 17.4 Å². The Hall–Kier alpha value is -2.31. The van der Waals surface area contributed by atoms with Crippen molar-refractivity contribution in [3.05, 3.63) is 28.6 Å². The van der Waals surface area contributed by atoms with Crippen LogP contribution in [0.4, 0.5) is 10.3 Å². The number of nitrogens with one attached hydrogen (secondary N) is 2. The Labute approximate surface area is 166 Å². The Morgan fingerprint density at radius 1 is 1.30 bits per heavy atom. The zero-order chi connectivity index (χ0) is 18.8. The molecule has 0 aromatic carbocycles. The van der Waals surface area contributed by atoms with Gasteiger partial charge in [-0.25, -0.2) is 4.98 Å². The first kappa shape index (κ1) is 18.1. The maximum absolute atomic E-state index is 12.2. The third-order valence-electron chi connectivity index (χ3n) is 3.56. The van der Waals surface area contributed by atoms with Crippen molar-refractivity contribution in [3.63, 3.8) is 0 Å². The van der Waals surface area contributed by atoms with Gasteiger partial charge in [-0.3, -0.25) is 14.9 Å². The quantitative estimate of drug-likeness (QED) is 0.440. The highest BCUT2D eigenvalue weighted by atomic mass is 32.2. The summed E-state index contributed by atoms with van der Waals surface area (Å²) in [6, 6.07) is 1.66. The van der Waals surface area contributed by atoms with E-state index in [1.165, 1.54) is 34.4 Å². The lowest BCUT2D eigenvalue weighted by Gasteiger charge is -1.99. The molecule has 140 valence electrons. The zero-order valence-corrected chi connectivity index (χ0v) is 16.5. The van der Waals surface area contributed by atoms with Gasteiger partial charge in [0.1, 0.15) is 5.76 Å². The van der Waals surface area contributed by atoms with Gasteiger partial charge in [-0.2, -0.15) is 0 Å². The van der Waals surface area contributed by atoms with Gasteiger partial charge in [0.15, 0.2) is 15.2 Å². The minimum Gasteiger partial charge on any atom is -0.360 e. The second-order valence-corrected chi connectivity index (χ2v) is 8.91. The van der Waals surface area contributed by atoms with Crippen LogP contribution in [0.5, 0.6) is 0 Å². The average Bonchev–Trinajstić information content (AvgIpc) is 3.04. The minimum absolute atomic E-state index is 0.176. The summed E-state index contributed by atoms with van der Waals surface area (Å²) in [7, 11) is 0. The number of thiazole rings is 1. The number of anilines is 2. The van der Waals surface area contributed by atoms with Gasteiger partial charge in [0.05, 0.1) is 11.4 Å². The predicted octanol–water partition coefficient (Wildman–Crippen LogP) is 3.15.